The molecule has 0 unspecified atom stereocenters. The van der Waals surface area contributed by atoms with Gasteiger partial charge in [0.15, 0.2) is 5.78 Å². The largest absolute Gasteiger partial charge is 0.495 e. The predicted molar refractivity (Wildman–Crippen MR) is 103 cm³/mol. The van der Waals surface area contributed by atoms with E-state index in [9.17, 15) is 9.59 Å². The molecule has 0 saturated heterocycles. The van der Waals surface area contributed by atoms with E-state index < -0.39 is 0 Å². The van der Waals surface area contributed by atoms with Crippen LogP contribution in [0, 0.1) is 5.92 Å². The van der Waals surface area contributed by atoms with Gasteiger partial charge in [-0.25, -0.2) is 0 Å². The van der Waals surface area contributed by atoms with Crippen LogP contribution in [0.2, 0.25) is 10.0 Å². The van der Waals surface area contributed by atoms with E-state index in [4.69, 9.17) is 32.7 Å². The van der Waals surface area contributed by atoms with Crippen molar-refractivity contribution in [3.8, 4) is 5.75 Å². The van der Waals surface area contributed by atoms with Gasteiger partial charge >= 0.3 is 0 Å². The van der Waals surface area contributed by atoms with Gasteiger partial charge in [0.2, 0.25) is 5.91 Å². The highest BCUT2D eigenvalue weighted by Crippen LogP contribution is 2.40. The summed E-state index contributed by atoms with van der Waals surface area (Å²) in [6.45, 7) is 4.26. The number of aromatic nitrogens is 1. The number of carbonyl (C=O) groups excluding carboxylic acids is 2. The zero-order valence-corrected chi connectivity index (χ0v) is 16.9. The molecule has 0 saturated carbocycles. The molecule has 0 spiro atoms. The molecule has 1 aromatic heterocycles. The summed E-state index contributed by atoms with van der Waals surface area (Å²) in [5.41, 5.74) is 2.48. The number of fused-ring (bicyclic) bond motifs is 3. The number of nitrogens with zero attached hydrogens (tertiary/aromatic N) is 2. The Balaban J connectivity index is 1.78. The molecule has 6 nitrogen and oxygen atoms in total. The van der Waals surface area contributed by atoms with Gasteiger partial charge in [-0.15, -0.1) is 0 Å². The summed E-state index contributed by atoms with van der Waals surface area (Å²) in [6.07, 6.45) is 1.71. The molecule has 1 aromatic carbocycles. The van der Waals surface area contributed by atoms with E-state index in [1.807, 2.05) is 0 Å². The first-order valence-corrected chi connectivity index (χ1v) is 9.29. The number of hydrogen-bond donors (Lipinski definition) is 0. The first-order chi connectivity index (χ1) is 12.8. The lowest BCUT2D eigenvalue weighted by Crippen LogP contribution is -2.30. The summed E-state index contributed by atoms with van der Waals surface area (Å²) in [5, 5.41) is 1.45. The second kappa shape index (κ2) is 8.00. The number of rotatable bonds is 6. The van der Waals surface area contributed by atoms with Gasteiger partial charge < -0.3 is 14.4 Å². The molecule has 2 aromatic rings. The van der Waals surface area contributed by atoms with Gasteiger partial charge in [0.25, 0.3) is 0 Å². The third-order valence-electron chi connectivity index (χ3n) is 4.61. The second-order valence-corrected chi connectivity index (χ2v) is 7.48. The zero-order valence-electron chi connectivity index (χ0n) is 15.3. The molecule has 27 heavy (non-hydrogen) atoms. The average Bonchev–Trinajstić information content (AvgIpc) is 3.08. The molecule has 0 atom stereocenters. The first kappa shape index (κ1) is 19.9. The summed E-state index contributed by atoms with van der Waals surface area (Å²) in [5.74, 6) is 0.147. The molecular weight excluding hydrogens is 391 g/mol. The summed E-state index contributed by atoms with van der Waals surface area (Å²) >= 11 is 12.5. The van der Waals surface area contributed by atoms with E-state index >= 15 is 0 Å². The van der Waals surface area contributed by atoms with Crippen LogP contribution in [0.1, 0.15) is 25.0 Å². The highest BCUT2D eigenvalue weighted by molar-refractivity contribution is 6.46. The van der Waals surface area contributed by atoms with Crippen LogP contribution in [0.3, 0.4) is 0 Å². The molecule has 2 heterocycles. The minimum absolute atomic E-state index is 0.0266. The van der Waals surface area contributed by atoms with Crippen molar-refractivity contribution < 1.29 is 19.1 Å². The van der Waals surface area contributed by atoms with Crippen LogP contribution in [-0.2, 0) is 27.4 Å². The van der Waals surface area contributed by atoms with Crippen molar-refractivity contribution >= 4 is 45.8 Å². The quantitative estimate of drug-likeness (QED) is 0.726. The van der Waals surface area contributed by atoms with Crippen molar-refractivity contribution in [1.29, 1.82) is 0 Å². The fraction of sp³-hybridized carbons (Fsp3) is 0.421. The molecule has 0 radical (unpaired) electrons. The molecule has 0 fully saturated rings. The molecule has 1 aliphatic rings. The predicted octanol–water partition coefficient (Wildman–Crippen LogP) is 3.63. The van der Waals surface area contributed by atoms with Crippen molar-refractivity contribution in [3.05, 3.63) is 33.4 Å². The molecule has 0 bridgehead atoms. The van der Waals surface area contributed by atoms with Crippen molar-refractivity contribution in [2.45, 2.75) is 26.9 Å². The first-order valence-electron chi connectivity index (χ1n) is 8.54. The Bertz CT molecular complexity index is 914. The molecular formula is C19H20Cl2N2O4. The number of pyridine rings is 1. The van der Waals surface area contributed by atoms with Crippen LogP contribution in [0.15, 0.2) is 12.3 Å². The number of carbonyl (C=O) groups is 2. The van der Waals surface area contributed by atoms with Gasteiger partial charge in [-0.05, 0) is 17.2 Å². The number of methoxy groups -OCH3 is 1. The lowest BCUT2D eigenvalue weighted by Gasteiger charge is -2.15. The van der Waals surface area contributed by atoms with Crippen LogP contribution in [0.4, 0.5) is 0 Å². The second-order valence-electron chi connectivity index (χ2n) is 6.73. The van der Waals surface area contributed by atoms with Crippen molar-refractivity contribution in [1.82, 2.24) is 9.88 Å². The highest BCUT2D eigenvalue weighted by atomic mass is 35.5. The smallest absolute Gasteiger partial charge is 0.249 e. The number of benzene rings is 1. The maximum Gasteiger partial charge on any atom is 0.249 e. The van der Waals surface area contributed by atoms with E-state index in [1.165, 1.54) is 7.11 Å². The van der Waals surface area contributed by atoms with Crippen LogP contribution in [0.5, 0.6) is 5.75 Å². The van der Waals surface area contributed by atoms with Gasteiger partial charge in [0.1, 0.15) is 24.0 Å². The van der Waals surface area contributed by atoms with E-state index in [2.05, 4.69) is 4.98 Å². The Hall–Kier alpha value is -1.89. The fourth-order valence-electron chi connectivity index (χ4n) is 2.94. The molecule has 0 N–H and O–H groups in total. The van der Waals surface area contributed by atoms with Crippen LogP contribution >= 0.6 is 23.2 Å². The molecule has 1 aliphatic heterocycles. The van der Waals surface area contributed by atoms with Gasteiger partial charge in [0, 0.05) is 30.6 Å². The Morgan fingerprint density at radius 1 is 1.22 bits per heavy atom. The van der Waals surface area contributed by atoms with E-state index in [0.29, 0.717) is 34.4 Å². The van der Waals surface area contributed by atoms with Crippen LogP contribution in [-0.4, -0.2) is 41.9 Å². The Morgan fingerprint density at radius 3 is 2.63 bits per heavy atom. The van der Waals surface area contributed by atoms with Gasteiger partial charge in [-0.2, -0.15) is 0 Å². The van der Waals surface area contributed by atoms with E-state index in [0.717, 1.165) is 16.5 Å². The SMILES string of the molecule is COc1cc2c3c(cnc2c(Cl)c1Cl)CN(C(=O)COCC(=O)C(C)C)C3. The summed E-state index contributed by atoms with van der Waals surface area (Å²) < 4.78 is 10.6. The molecule has 0 aliphatic carbocycles. The Kier molecular flexibility index (Phi) is 5.89. The number of halogens is 2. The van der Waals surface area contributed by atoms with Crippen molar-refractivity contribution in [3.63, 3.8) is 0 Å². The third-order valence-corrected chi connectivity index (χ3v) is 5.45. The van der Waals surface area contributed by atoms with Gasteiger partial charge in [-0.1, -0.05) is 37.0 Å². The van der Waals surface area contributed by atoms with Gasteiger partial charge in [-0.3, -0.25) is 14.6 Å². The summed E-state index contributed by atoms with van der Waals surface area (Å²) in [7, 11) is 1.52. The Morgan fingerprint density at radius 2 is 1.96 bits per heavy atom. The lowest BCUT2D eigenvalue weighted by atomic mass is 10.1. The summed E-state index contributed by atoms with van der Waals surface area (Å²) in [6, 6.07) is 1.79. The number of Topliss-reactive ketones (excluding diaryl/α,β-unsaturated/α-hetero) is 1. The average molecular weight is 411 g/mol. The molecule has 144 valence electrons. The topological polar surface area (TPSA) is 68.7 Å². The highest BCUT2D eigenvalue weighted by Gasteiger charge is 2.27. The standard InChI is InChI=1S/C19H20Cl2N2O4/c1-10(2)14(24)8-27-9-16(25)23-6-11-5-22-19-12(13(11)7-23)4-15(26-3)17(20)18(19)21/h4-5,10H,6-9H2,1-3H3. The molecule has 1 amide bonds. The maximum atomic E-state index is 12.4. The number of amides is 1. The lowest BCUT2D eigenvalue weighted by molar-refractivity contribution is -0.139. The number of ketones is 1. The van der Waals surface area contributed by atoms with Crippen molar-refractivity contribution in [2.75, 3.05) is 20.3 Å². The van der Waals surface area contributed by atoms with Gasteiger partial charge in [0.05, 0.1) is 17.6 Å². The van der Waals surface area contributed by atoms with E-state index in [-0.39, 0.29) is 30.8 Å². The minimum atomic E-state index is -0.178. The van der Waals surface area contributed by atoms with Crippen LogP contribution in [0.25, 0.3) is 10.9 Å². The van der Waals surface area contributed by atoms with Crippen LogP contribution < -0.4 is 4.74 Å². The fourth-order valence-corrected chi connectivity index (χ4v) is 3.40. The normalized spacial score (nSPS) is 13.3. The Labute approximate surface area is 167 Å². The third kappa shape index (κ3) is 3.88. The number of ether oxygens (including phenoxy) is 2. The molecule has 3 rings (SSSR count). The summed E-state index contributed by atoms with van der Waals surface area (Å²) in [4.78, 5) is 30.1. The maximum absolute atomic E-state index is 12.4. The van der Waals surface area contributed by atoms with E-state index in [1.54, 1.807) is 31.0 Å². The molecule has 8 heteroatoms. The van der Waals surface area contributed by atoms with Crippen molar-refractivity contribution in [2.24, 2.45) is 5.92 Å². The monoisotopic (exact) mass is 410 g/mol. The zero-order chi connectivity index (χ0) is 19.7. The number of hydrogen-bond acceptors (Lipinski definition) is 5. The minimum Gasteiger partial charge on any atom is -0.495 e.